The molecular formula is C77H55BN2OS3. The van der Waals surface area contributed by atoms with E-state index in [4.69, 9.17) is 4.42 Å². The third kappa shape index (κ3) is 6.61. The minimum atomic E-state index is -0.584. The van der Waals surface area contributed by atoms with Crippen molar-refractivity contribution in [3.63, 3.8) is 0 Å². The van der Waals surface area contributed by atoms with E-state index < -0.39 is 5.41 Å². The number of thiophene rings is 2. The van der Waals surface area contributed by atoms with Crippen molar-refractivity contribution in [2.45, 2.75) is 67.6 Å². The number of benzene rings is 11. The zero-order chi connectivity index (χ0) is 56.1. The van der Waals surface area contributed by atoms with Crippen LogP contribution < -0.4 is 26.4 Å². The Balaban J connectivity index is 1.03. The predicted octanol–water partition coefficient (Wildman–Crippen LogP) is 20.3. The van der Waals surface area contributed by atoms with Crippen LogP contribution in [0.2, 0.25) is 0 Å². The molecule has 0 N–H and O–H groups in total. The number of furan rings is 1. The van der Waals surface area contributed by atoms with Crippen molar-refractivity contribution in [2.24, 2.45) is 0 Å². The van der Waals surface area contributed by atoms with E-state index in [1.54, 1.807) is 0 Å². The van der Waals surface area contributed by atoms with Crippen molar-refractivity contribution in [1.29, 1.82) is 0 Å². The minimum Gasteiger partial charge on any atom is -0.468 e. The Morgan fingerprint density at radius 2 is 0.988 bits per heavy atom. The Hall–Kier alpha value is -8.59. The summed E-state index contributed by atoms with van der Waals surface area (Å²) >= 11 is 5.70. The number of nitrogens with zero attached hydrogens (tertiary/aromatic N) is 2. The van der Waals surface area contributed by atoms with E-state index in [0.29, 0.717) is 0 Å². The second kappa shape index (κ2) is 17.3. The van der Waals surface area contributed by atoms with E-state index in [1.807, 2.05) is 34.4 Å². The van der Waals surface area contributed by atoms with Gasteiger partial charge in [-0.1, -0.05) is 205 Å². The first-order valence-corrected chi connectivity index (χ1v) is 31.8. The van der Waals surface area contributed by atoms with Crippen LogP contribution in [0.4, 0.5) is 34.1 Å². The fourth-order valence-corrected chi connectivity index (χ4v) is 18.6. The van der Waals surface area contributed by atoms with Crippen molar-refractivity contribution >= 4 is 143 Å². The topological polar surface area (TPSA) is 19.6 Å². The first-order valence-electron chi connectivity index (χ1n) is 29.3. The van der Waals surface area contributed by atoms with Gasteiger partial charge in [-0.3, -0.25) is 0 Å². The highest BCUT2D eigenvalue weighted by atomic mass is 32.2. The molecule has 6 heterocycles. The summed E-state index contributed by atoms with van der Waals surface area (Å²) in [6.07, 6.45) is 0. The van der Waals surface area contributed by atoms with E-state index in [2.05, 4.69) is 276 Å². The fourth-order valence-electron chi connectivity index (χ4n) is 15.0. The van der Waals surface area contributed by atoms with E-state index in [9.17, 15) is 0 Å². The lowest BCUT2D eigenvalue weighted by atomic mass is 9.35. The van der Waals surface area contributed by atoms with Crippen molar-refractivity contribution in [3.8, 4) is 22.3 Å². The van der Waals surface area contributed by atoms with Crippen LogP contribution in [0, 0.1) is 0 Å². The third-order valence-electron chi connectivity index (χ3n) is 18.8. The molecule has 3 aromatic heterocycles. The van der Waals surface area contributed by atoms with Crippen LogP contribution in [0.5, 0.6) is 0 Å². The van der Waals surface area contributed by atoms with Crippen LogP contribution in [0.25, 0.3) is 73.6 Å². The number of hydrogen-bond donors (Lipinski definition) is 0. The molecule has 84 heavy (non-hydrogen) atoms. The van der Waals surface area contributed by atoms with Gasteiger partial charge in [-0.05, 0) is 150 Å². The lowest BCUT2D eigenvalue weighted by molar-refractivity contribution is 0.590. The molecule has 1 aliphatic carbocycles. The normalized spacial score (nSPS) is 14.5. The second-order valence-corrected chi connectivity index (χ2v) is 28.7. The zero-order valence-electron chi connectivity index (χ0n) is 47.5. The Labute approximate surface area is 501 Å². The van der Waals surface area contributed by atoms with Crippen LogP contribution in [0.3, 0.4) is 0 Å². The summed E-state index contributed by atoms with van der Waals surface area (Å²) in [6, 6.07) is 86.2. The van der Waals surface area contributed by atoms with Crippen molar-refractivity contribution in [1.82, 2.24) is 0 Å². The number of fused-ring (bicyclic) bond motifs is 21. The molecule has 4 aliphatic rings. The minimum absolute atomic E-state index is 0.0319. The summed E-state index contributed by atoms with van der Waals surface area (Å²) in [5.41, 5.74) is 23.3. The molecule has 0 amide bonds. The maximum absolute atomic E-state index is 7.72. The molecule has 0 fully saturated rings. The van der Waals surface area contributed by atoms with Gasteiger partial charge in [0, 0.05) is 73.6 Å². The molecule has 14 aromatic rings. The van der Waals surface area contributed by atoms with Crippen molar-refractivity contribution in [3.05, 3.63) is 258 Å². The van der Waals surface area contributed by atoms with Gasteiger partial charge in [0.25, 0.3) is 6.71 Å². The standard InChI is InChI=1S/C77H55BN2OS3/c1-75(2,3)45-33-36-47(37-34-45)79-63-39-44(48-22-17-23-52-50-20-8-13-29-66(50)83-72(48)52)40-64-70(63)78(74-71(79)55-41-46(76(4,5)6)35-38-65(55)81-74)60-43-59-54(42-62(60)80(64)61-28-18-24-53-51-21-9-14-30-67(51)84-73(53)61)49-19-7-10-25-56(49)77(59)57-26-11-15-31-68(57)82-69-32-16-12-27-58(69)77/h7-43H,1-6H3. The summed E-state index contributed by atoms with van der Waals surface area (Å²) in [7, 11) is 0. The van der Waals surface area contributed by atoms with E-state index in [1.165, 1.54) is 128 Å². The van der Waals surface area contributed by atoms with Crippen molar-refractivity contribution < 1.29 is 4.42 Å². The summed E-state index contributed by atoms with van der Waals surface area (Å²) in [6.45, 7) is 13.6. The number of hydrogen-bond acceptors (Lipinski definition) is 6. The molecule has 1 spiro atoms. The van der Waals surface area contributed by atoms with Gasteiger partial charge < -0.3 is 14.2 Å². The highest BCUT2D eigenvalue weighted by Gasteiger charge is 2.54. The molecule has 11 aromatic carbocycles. The molecule has 3 aliphatic heterocycles. The predicted molar refractivity (Wildman–Crippen MR) is 360 cm³/mol. The Kier molecular flexibility index (Phi) is 10.1. The van der Waals surface area contributed by atoms with Gasteiger partial charge in [-0.2, -0.15) is 0 Å². The lowest BCUT2D eigenvalue weighted by Gasteiger charge is -2.44. The molecular weight excluding hydrogens is 1080 g/mol. The average Bonchev–Trinajstić information content (AvgIpc) is 1.39. The first kappa shape index (κ1) is 48.9. The molecule has 0 bridgehead atoms. The van der Waals surface area contributed by atoms with Crippen LogP contribution >= 0.6 is 34.4 Å². The summed E-state index contributed by atoms with van der Waals surface area (Å²) < 4.78 is 12.9. The van der Waals surface area contributed by atoms with Crippen LogP contribution in [-0.2, 0) is 16.2 Å². The van der Waals surface area contributed by atoms with E-state index in [0.717, 1.165) is 39.4 Å². The summed E-state index contributed by atoms with van der Waals surface area (Å²) in [5.74, 6) is 0. The maximum atomic E-state index is 7.72. The summed E-state index contributed by atoms with van der Waals surface area (Å²) in [4.78, 5) is 7.85. The Morgan fingerprint density at radius 1 is 0.417 bits per heavy atom. The molecule has 3 nitrogen and oxygen atoms in total. The second-order valence-electron chi connectivity index (χ2n) is 25.5. The first-order chi connectivity index (χ1) is 40.9. The average molecular weight is 1130 g/mol. The molecule has 18 rings (SSSR count). The molecule has 400 valence electrons. The molecule has 0 atom stereocenters. The van der Waals surface area contributed by atoms with Gasteiger partial charge in [0.2, 0.25) is 0 Å². The highest BCUT2D eigenvalue weighted by Crippen LogP contribution is 2.63. The van der Waals surface area contributed by atoms with Gasteiger partial charge in [-0.25, -0.2) is 0 Å². The smallest absolute Gasteiger partial charge is 0.297 e. The van der Waals surface area contributed by atoms with Crippen LogP contribution in [0.15, 0.2) is 239 Å². The molecule has 0 radical (unpaired) electrons. The van der Waals surface area contributed by atoms with Crippen molar-refractivity contribution in [2.75, 3.05) is 9.80 Å². The van der Waals surface area contributed by atoms with Crippen LogP contribution in [-0.4, -0.2) is 6.71 Å². The number of anilines is 6. The van der Waals surface area contributed by atoms with Gasteiger partial charge >= 0.3 is 0 Å². The van der Waals surface area contributed by atoms with E-state index >= 15 is 0 Å². The lowest BCUT2D eigenvalue weighted by Crippen LogP contribution is -2.61. The van der Waals surface area contributed by atoms with Crippen LogP contribution in [0.1, 0.15) is 74.9 Å². The molecule has 0 saturated carbocycles. The Bertz CT molecular complexity index is 5140. The fraction of sp³-hybridized carbons (Fsp3) is 0.117. The van der Waals surface area contributed by atoms with Gasteiger partial charge in [0.15, 0.2) is 0 Å². The van der Waals surface area contributed by atoms with E-state index in [-0.39, 0.29) is 17.5 Å². The maximum Gasteiger partial charge on any atom is 0.297 e. The molecule has 7 heteroatoms. The van der Waals surface area contributed by atoms with Gasteiger partial charge in [0.05, 0.1) is 27.1 Å². The monoisotopic (exact) mass is 1130 g/mol. The van der Waals surface area contributed by atoms with Gasteiger partial charge in [0.1, 0.15) is 5.58 Å². The zero-order valence-corrected chi connectivity index (χ0v) is 49.9. The highest BCUT2D eigenvalue weighted by molar-refractivity contribution is 7.99. The largest absolute Gasteiger partial charge is 0.468 e. The molecule has 0 saturated heterocycles. The molecule has 0 unspecified atom stereocenters. The summed E-state index contributed by atoms with van der Waals surface area (Å²) in [5, 5.41) is 6.26. The SMILES string of the molecule is CC(C)(C)c1ccc(N2c3cc(-c4cccc5c4sc4ccccc45)cc4c3B(c3cc5c(cc3N4c3cccc4c3sc3ccccc34)-c3ccccc3C53c4ccccc4Sc4ccccc43)c3oc4ccc(C(C)(C)C)cc4c32)cc1. The van der Waals surface area contributed by atoms with Gasteiger partial charge in [-0.15, -0.1) is 22.7 Å². The Morgan fingerprint density at radius 3 is 1.69 bits per heavy atom. The number of rotatable bonds is 3. The quantitative estimate of drug-likeness (QED) is 0.164. The third-order valence-corrected chi connectivity index (χ3v) is 22.4.